The molecule has 2 rings (SSSR count). The van der Waals surface area contributed by atoms with Gasteiger partial charge in [0.25, 0.3) is 0 Å². The minimum Gasteiger partial charge on any atom is -0.493 e. The third-order valence-electron chi connectivity index (χ3n) is 4.40. The summed E-state index contributed by atoms with van der Waals surface area (Å²) in [5.41, 5.74) is 2.02. The van der Waals surface area contributed by atoms with Crippen LogP contribution in [0.15, 0.2) is 35.3 Å². The lowest BCUT2D eigenvalue weighted by molar-refractivity contribution is 0.310. The summed E-state index contributed by atoms with van der Waals surface area (Å²) in [5.74, 6) is 3.88. The molecule has 0 aromatic heterocycles. The normalized spacial score (nSPS) is 10.6. The van der Waals surface area contributed by atoms with E-state index in [2.05, 4.69) is 15.6 Å². The number of halogens is 1. The second kappa shape index (κ2) is 13.7. The number of nitrogens with one attached hydrogen (secondary N) is 2. The summed E-state index contributed by atoms with van der Waals surface area (Å²) in [7, 11) is 8.13. The third kappa shape index (κ3) is 7.27. The smallest absolute Gasteiger partial charge is 0.203 e. The maximum atomic E-state index is 5.64. The number of benzene rings is 2. The first kappa shape index (κ1) is 26.5. The Bertz CT molecular complexity index is 836. The summed E-state index contributed by atoms with van der Waals surface area (Å²) in [6, 6.07) is 9.65. The highest BCUT2D eigenvalue weighted by atomic mass is 127. The summed E-state index contributed by atoms with van der Waals surface area (Å²) in [6.45, 7) is 3.63. The van der Waals surface area contributed by atoms with Crippen molar-refractivity contribution in [3.63, 3.8) is 0 Å². The van der Waals surface area contributed by atoms with Gasteiger partial charge in [0.15, 0.2) is 29.0 Å². The van der Waals surface area contributed by atoms with Crippen LogP contribution in [-0.2, 0) is 13.1 Å². The number of hydrogen-bond donors (Lipinski definition) is 2. The molecule has 31 heavy (non-hydrogen) atoms. The SMILES string of the molecule is CCOc1cc(CNC(=NC)NCc2cc(OC)c(OC)c(OC)c2)ccc1OC.I. The highest BCUT2D eigenvalue weighted by Crippen LogP contribution is 2.38. The van der Waals surface area contributed by atoms with E-state index in [1.54, 1.807) is 35.5 Å². The molecule has 0 bridgehead atoms. The summed E-state index contributed by atoms with van der Waals surface area (Å²) in [6.07, 6.45) is 0. The number of hydrogen-bond acceptors (Lipinski definition) is 6. The summed E-state index contributed by atoms with van der Waals surface area (Å²) in [4.78, 5) is 4.28. The highest BCUT2D eigenvalue weighted by molar-refractivity contribution is 14.0. The molecular weight excluding hydrogens is 513 g/mol. The monoisotopic (exact) mass is 545 g/mol. The van der Waals surface area contributed by atoms with E-state index < -0.39 is 0 Å². The molecule has 0 aliphatic rings. The van der Waals surface area contributed by atoms with Crippen LogP contribution in [0.5, 0.6) is 28.7 Å². The molecule has 0 radical (unpaired) electrons. The van der Waals surface area contributed by atoms with E-state index in [0.29, 0.717) is 48.7 Å². The van der Waals surface area contributed by atoms with Crippen molar-refractivity contribution in [1.29, 1.82) is 0 Å². The molecule has 0 saturated carbocycles. The molecule has 0 saturated heterocycles. The number of guanidine groups is 1. The fourth-order valence-corrected chi connectivity index (χ4v) is 2.93. The second-order valence-corrected chi connectivity index (χ2v) is 6.23. The van der Waals surface area contributed by atoms with Crippen LogP contribution in [-0.4, -0.2) is 48.1 Å². The van der Waals surface area contributed by atoms with Crippen LogP contribution in [0.25, 0.3) is 0 Å². The van der Waals surface area contributed by atoms with Gasteiger partial charge < -0.3 is 34.3 Å². The zero-order chi connectivity index (χ0) is 21.9. The van der Waals surface area contributed by atoms with Crippen molar-refractivity contribution in [2.24, 2.45) is 4.99 Å². The Hall–Kier alpha value is -2.56. The Morgan fingerprint density at radius 1 is 0.774 bits per heavy atom. The van der Waals surface area contributed by atoms with Crippen molar-refractivity contribution >= 4 is 29.9 Å². The molecule has 0 spiro atoms. The molecular formula is C22H32IN3O5. The van der Waals surface area contributed by atoms with Crippen molar-refractivity contribution in [3.05, 3.63) is 41.5 Å². The molecule has 8 nitrogen and oxygen atoms in total. The first-order chi connectivity index (χ1) is 14.6. The topological polar surface area (TPSA) is 82.6 Å². The molecule has 0 aliphatic carbocycles. The van der Waals surface area contributed by atoms with Gasteiger partial charge in [0.05, 0.1) is 35.0 Å². The van der Waals surface area contributed by atoms with Crippen LogP contribution in [0.4, 0.5) is 0 Å². The average Bonchev–Trinajstić information content (AvgIpc) is 2.78. The van der Waals surface area contributed by atoms with Crippen molar-refractivity contribution in [2.45, 2.75) is 20.0 Å². The second-order valence-electron chi connectivity index (χ2n) is 6.23. The first-order valence-corrected chi connectivity index (χ1v) is 9.63. The summed E-state index contributed by atoms with van der Waals surface area (Å²) >= 11 is 0. The lowest BCUT2D eigenvalue weighted by atomic mass is 10.1. The Morgan fingerprint density at radius 2 is 1.32 bits per heavy atom. The maximum Gasteiger partial charge on any atom is 0.203 e. The number of nitrogens with zero attached hydrogens (tertiary/aromatic N) is 1. The van der Waals surface area contributed by atoms with E-state index >= 15 is 0 Å². The van der Waals surface area contributed by atoms with Crippen molar-refractivity contribution in [1.82, 2.24) is 10.6 Å². The molecule has 0 unspecified atom stereocenters. The van der Waals surface area contributed by atoms with E-state index in [-0.39, 0.29) is 24.0 Å². The van der Waals surface area contributed by atoms with Crippen molar-refractivity contribution in [2.75, 3.05) is 42.1 Å². The Labute approximate surface area is 201 Å². The molecule has 0 atom stereocenters. The zero-order valence-electron chi connectivity index (χ0n) is 18.9. The van der Waals surface area contributed by atoms with Gasteiger partial charge in [-0.25, -0.2) is 0 Å². The van der Waals surface area contributed by atoms with Crippen LogP contribution < -0.4 is 34.3 Å². The van der Waals surface area contributed by atoms with Crippen LogP contribution in [0.3, 0.4) is 0 Å². The molecule has 2 aromatic rings. The van der Waals surface area contributed by atoms with Gasteiger partial charge in [-0.2, -0.15) is 0 Å². The standard InChI is InChI=1S/C22H31N3O5.HI/c1-7-30-18-10-15(8-9-17(18)26-3)13-24-22(23-2)25-14-16-11-19(27-4)21(29-6)20(12-16)28-5;/h8-12H,7,13-14H2,1-6H3,(H2,23,24,25);1H. The minimum absolute atomic E-state index is 0. The van der Waals surface area contributed by atoms with Gasteiger partial charge in [-0.3, -0.25) is 4.99 Å². The number of rotatable bonds is 10. The van der Waals surface area contributed by atoms with Gasteiger partial charge in [-0.05, 0) is 42.3 Å². The fourth-order valence-electron chi connectivity index (χ4n) is 2.93. The van der Waals surface area contributed by atoms with E-state index in [1.807, 2.05) is 37.3 Å². The molecule has 2 N–H and O–H groups in total. The van der Waals surface area contributed by atoms with Gasteiger partial charge in [0.2, 0.25) is 5.75 Å². The molecule has 0 heterocycles. The number of methoxy groups -OCH3 is 4. The Morgan fingerprint density at radius 3 is 1.81 bits per heavy atom. The summed E-state index contributed by atoms with van der Waals surface area (Å²) < 4.78 is 27.1. The highest BCUT2D eigenvalue weighted by Gasteiger charge is 2.13. The van der Waals surface area contributed by atoms with Gasteiger partial charge >= 0.3 is 0 Å². The van der Waals surface area contributed by atoms with Crippen molar-refractivity contribution in [3.8, 4) is 28.7 Å². The zero-order valence-corrected chi connectivity index (χ0v) is 21.2. The van der Waals surface area contributed by atoms with E-state index in [4.69, 9.17) is 23.7 Å². The van der Waals surface area contributed by atoms with Gasteiger partial charge in [-0.15, -0.1) is 24.0 Å². The molecule has 2 aromatic carbocycles. The lowest BCUT2D eigenvalue weighted by Gasteiger charge is -2.16. The van der Waals surface area contributed by atoms with E-state index in [9.17, 15) is 0 Å². The van der Waals surface area contributed by atoms with Crippen molar-refractivity contribution < 1.29 is 23.7 Å². The third-order valence-corrected chi connectivity index (χ3v) is 4.40. The number of ether oxygens (including phenoxy) is 5. The summed E-state index contributed by atoms with van der Waals surface area (Å²) in [5, 5.41) is 6.59. The Kier molecular flexibility index (Phi) is 11.7. The number of aliphatic imine (C=N–C) groups is 1. The first-order valence-electron chi connectivity index (χ1n) is 9.63. The van der Waals surface area contributed by atoms with Gasteiger partial charge in [-0.1, -0.05) is 6.07 Å². The predicted octanol–water partition coefficient (Wildman–Crippen LogP) is 3.60. The van der Waals surface area contributed by atoms with Crippen LogP contribution in [0, 0.1) is 0 Å². The average molecular weight is 545 g/mol. The Balaban J connectivity index is 0.00000480. The minimum atomic E-state index is 0. The van der Waals surface area contributed by atoms with Crippen LogP contribution in [0.2, 0.25) is 0 Å². The lowest BCUT2D eigenvalue weighted by Crippen LogP contribution is -2.36. The fraction of sp³-hybridized carbons (Fsp3) is 0.409. The molecule has 0 amide bonds. The predicted molar refractivity (Wildman–Crippen MR) is 133 cm³/mol. The maximum absolute atomic E-state index is 5.64. The molecule has 172 valence electrons. The van der Waals surface area contributed by atoms with Gasteiger partial charge in [0, 0.05) is 20.1 Å². The van der Waals surface area contributed by atoms with Crippen LogP contribution in [0.1, 0.15) is 18.1 Å². The molecule has 0 aliphatic heterocycles. The van der Waals surface area contributed by atoms with Crippen LogP contribution >= 0.6 is 24.0 Å². The van der Waals surface area contributed by atoms with E-state index in [0.717, 1.165) is 16.9 Å². The molecule has 9 heteroatoms. The molecule has 0 fully saturated rings. The largest absolute Gasteiger partial charge is 0.493 e. The van der Waals surface area contributed by atoms with E-state index in [1.165, 1.54) is 0 Å². The quantitative estimate of drug-likeness (QED) is 0.268. The van der Waals surface area contributed by atoms with Gasteiger partial charge in [0.1, 0.15) is 0 Å².